The number of hydrogen-bond donors (Lipinski definition) is 0. The third-order valence-corrected chi connectivity index (χ3v) is 9.79. The van der Waals surface area contributed by atoms with Gasteiger partial charge in [-0.1, -0.05) is 106 Å². The van der Waals surface area contributed by atoms with E-state index in [1.165, 1.54) is 92.9 Å². The van der Waals surface area contributed by atoms with Gasteiger partial charge in [0.25, 0.3) is 0 Å². The molecule has 0 aromatic heterocycles. The van der Waals surface area contributed by atoms with E-state index in [4.69, 9.17) is 0 Å². The van der Waals surface area contributed by atoms with Crippen LogP contribution in [0.2, 0.25) is 0 Å². The predicted molar refractivity (Wildman–Crippen MR) is 160 cm³/mol. The van der Waals surface area contributed by atoms with E-state index in [9.17, 15) is 0 Å². The Morgan fingerprint density at radius 2 is 0.892 bits per heavy atom. The molecule has 0 bridgehead atoms. The van der Waals surface area contributed by atoms with Crippen molar-refractivity contribution in [3.63, 3.8) is 0 Å². The summed E-state index contributed by atoms with van der Waals surface area (Å²) in [7, 11) is 0. The van der Waals surface area contributed by atoms with Crippen LogP contribution in [0.4, 0.5) is 0 Å². The maximum Gasteiger partial charge on any atom is -0.0162 e. The van der Waals surface area contributed by atoms with Gasteiger partial charge in [0.15, 0.2) is 0 Å². The summed E-state index contributed by atoms with van der Waals surface area (Å²) in [6.45, 7) is 4.68. The summed E-state index contributed by atoms with van der Waals surface area (Å²) >= 11 is 0. The van der Waals surface area contributed by atoms with Crippen molar-refractivity contribution in [1.82, 2.24) is 0 Å². The SMILES string of the molecule is CCCC1CCC(c2ccc(CCc3ccc(-c4ccc(C5CCC(CC)CC5)cc4)cc3)cc2)CC1. The molecule has 0 nitrogen and oxygen atoms in total. The van der Waals surface area contributed by atoms with E-state index in [2.05, 4.69) is 86.6 Å². The van der Waals surface area contributed by atoms with Crippen LogP contribution in [0.1, 0.15) is 119 Å². The smallest absolute Gasteiger partial charge is 0.0162 e. The Morgan fingerprint density at radius 3 is 1.35 bits per heavy atom. The van der Waals surface area contributed by atoms with Gasteiger partial charge in [-0.05, 0) is 121 Å². The molecule has 2 aliphatic carbocycles. The third-order valence-electron chi connectivity index (χ3n) is 9.79. The maximum atomic E-state index is 2.42. The number of aryl methyl sites for hydroxylation is 2. The lowest BCUT2D eigenvalue weighted by Crippen LogP contribution is -2.13. The highest BCUT2D eigenvalue weighted by molar-refractivity contribution is 5.64. The van der Waals surface area contributed by atoms with Crippen molar-refractivity contribution in [2.24, 2.45) is 11.8 Å². The lowest BCUT2D eigenvalue weighted by molar-refractivity contribution is 0.308. The molecule has 5 rings (SSSR count). The van der Waals surface area contributed by atoms with Crippen molar-refractivity contribution >= 4 is 0 Å². The first kappa shape index (κ1) is 26.3. The molecule has 3 aromatic carbocycles. The molecule has 2 fully saturated rings. The van der Waals surface area contributed by atoms with Gasteiger partial charge in [-0.2, -0.15) is 0 Å². The number of rotatable bonds is 9. The van der Waals surface area contributed by atoms with Crippen LogP contribution in [-0.4, -0.2) is 0 Å². The van der Waals surface area contributed by atoms with E-state index >= 15 is 0 Å². The minimum atomic E-state index is 0.772. The van der Waals surface area contributed by atoms with Crippen molar-refractivity contribution in [2.75, 3.05) is 0 Å². The van der Waals surface area contributed by atoms with Gasteiger partial charge in [-0.3, -0.25) is 0 Å². The Labute approximate surface area is 226 Å². The standard InChI is InChI=1S/C37H48/c1-3-5-29-10-18-33(19-11-29)34-20-12-30(13-21-34)6-7-31-14-22-35(23-15-31)37-26-24-36(25-27-37)32-16-8-28(4-2)9-17-32/h12-15,20-29,32-33H,3-11,16-19H2,1-2H3. The second-order valence-electron chi connectivity index (χ2n) is 12.2. The Morgan fingerprint density at radius 1 is 0.486 bits per heavy atom. The Bertz CT molecular complexity index is 1060. The third kappa shape index (κ3) is 6.95. The molecule has 0 saturated heterocycles. The van der Waals surface area contributed by atoms with Gasteiger partial charge >= 0.3 is 0 Å². The van der Waals surface area contributed by atoms with E-state index in [1.807, 2.05) is 0 Å². The monoisotopic (exact) mass is 492 g/mol. The minimum absolute atomic E-state index is 0.772. The summed E-state index contributed by atoms with van der Waals surface area (Å²) < 4.78 is 0. The zero-order chi connectivity index (χ0) is 25.5. The van der Waals surface area contributed by atoms with Gasteiger partial charge < -0.3 is 0 Å². The average Bonchev–Trinajstić information content (AvgIpc) is 2.97. The average molecular weight is 493 g/mol. The number of benzene rings is 3. The number of hydrogen-bond acceptors (Lipinski definition) is 0. The van der Waals surface area contributed by atoms with Crippen LogP contribution in [-0.2, 0) is 12.8 Å². The highest BCUT2D eigenvalue weighted by Crippen LogP contribution is 2.38. The molecule has 196 valence electrons. The second kappa shape index (κ2) is 12.9. The van der Waals surface area contributed by atoms with E-state index < -0.39 is 0 Å². The Kier molecular flexibility index (Phi) is 9.19. The summed E-state index contributed by atoms with van der Waals surface area (Å²) in [5.41, 5.74) is 8.70. The molecular formula is C37H48. The van der Waals surface area contributed by atoms with Gasteiger partial charge in [0.05, 0.1) is 0 Å². The van der Waals surface area contributed by atoms with Crippen molar-refractivity contribution in [1.29, 1.82) is 0 Å². The van der Waals surface area contributed by atoms with E-state index in [0.717, 1.165) is 36.5 Å². The van der Waals surface area contributed by atoms with E-state index in [0.29, 0.717) is 0 Å². The van der Waals surface area contributed by atoms with Crippen LogP contribution < -0.4 is 0 Å². The summed E-state index contributed by atoms with van der Waals surface area (Å²) in [6, 6.07) is 28.4. The van der Waals surface area contributed by atoms with Crippen molar-refractivity contribution in [3.8, 4) is 11.1 Å². The fourth-order valence-electron chi connectivity index (χ4n) is 7.15. The van der Waals surface area contributed by atoms with E-state index in [1.54, 1.807) is 11.1 Å². The topological polar surface area (TPSA) is 0 Å². The van der Waals surface area contributed by atoms with E-state index in [-0.39, 0.29) is 0 Å². The zero-order valence-electron chi connectivity index (χ0n) is 23.4. The molecule has 0 heterocycles. The first-order valence-corrected chi connectivity index (χ1v) is 15.5. The fraction of sp³-hybridized carbons (Fsp3) is 0.514. The molecule has 0 radical (unpaired) electrons. The summed E-state index contributed by atoms with van der Waals surface area (Å²) in [6.07, 6.45) is 17.6. The molecule has 0 aliphatic heterocycles. The summed E-state index contributed by atoms with van der Waals surface area (Å²) in [5, 5.41) is 0. The van der Waals surface area contributed by atoms with Crippen LogP contribution in [0, 0.1) is 11.8 Å². The molecule has 0 N–H and O–H groups in total. The lowest BCUT2D eigenvalue weighted by Gasteiger charge is -2.28. The van der Waals surface area contributed by atoms with Gasteiger partial charge in [0, 0.05) is 0 Å². The molecular weight excluding hydrogens is 444 g/mol. The molecule has 2 saturated carbocycles. The zero-order valence-corrected chi connectivity index (χ0v) is 23.4. The molecule has 37 heavy (non-hydrogen) atoms. The minimum Gasteiger partial charge on any atom is -0.0654 e. The molecule has 0 spiro atoms. The Hall–Kier alpha value is -2.34. The van der Waals surface area contributed by atoms with Crippen molar-refractivity contribution < 1.29 is 0 Å². The molecule has 0 heteroatoms. The summed E-state index contributed by atoms with van der Waals surface area (Å²) in [5.74, 6) is 3.52. The van der Waals surface area contributed by atoms with Gasteiger partial charge in [0.1, 0.15) is 0 Å². The second-order valence-corrected chi connectivity index (χ2v) is 12.2. The highest BCUT2D eigenvalue weighted by Gasteiger charge is 2.22. The normalized spacial score (nSPS) is 24.2. The van der Waals surface area contributed by atoms with Crippen LogP contribution in [0.15, 0.2) is 72.8 Å². The highest BCUT2D eigenvalue weighted by atomic mass is 14.3. The molecule has 0 unspecified atom stereocenters. The van der Waals surface area contributed by atoms with Gasteiger partial charge in [0.2, 0.25) is 0 Å². The summed E-state index contributed by atoms with van der Waals surface area (Å²) in [4.78, 5) is 0. The van der Waals surface area contributed by atoms with Crippen LogP contribution in [0.5, 0.6) is 0 Å². The predicted octanol–water partition coefficient (Wildman–Crippen LogP) is 10.9. The quantitative estimate of drug-likeness (QED) is 0.278. The van der Waals surface area contributed by atoms with Crippen molar-refractivity contribution in [2.45, 2.75) is 109 Å². The van der Waals surface area contributed by atoms with Gasteiger partial charge in [-0.25, -0.2) is 0 Å². The van der Waals surface area contributed by atoms with Crippen molar-refractivity contribution in [3.05, 3.63) is 95.1 Å². The van der Waals surface area contributed by atoms with Gasteiger partial charge in [-0.15, -0.1) is 0 Å². The molecule has 2 aliphatic rings. The maximum absolute atomic E-state index is 2.42. The lowest BCUT2D eigenvalue weighted by atomic mass is 9.77. The van der Waals surface area contributed by atoms with Crippen LogP contribution in [0.25, 0.3) is 11.1 Å². The first-order chi connectivity index (χ1) is 18.2. The first-order valence-electron chi connectivity index (χ1n) is 15.5. The molecule has 0 atom stereocenters. The Balaban J connectivity index is 1.11. The fourth-order valence-corrected chi connectivity index (χ4v) is 7.15. The molecule has 0 amide bonds. The largest absolute Gasteiger partial charge is 0.0654 e. The van der Waals surface area contributed by atoms with Crippen LogP contribution in [0.3, 0.4) is 0 Å². The van der Waals surface area contributed by atoms with Crippen LogP contribution >= 0.6 is 0 Å². The molecule has 3 aromatic rings.